The van der Waals surface area contributed by atoms with Crippen molar-refractivity contribution in [2.75, 3.05) is 0 Å². The number of furan rings is 1. The lowest BCUT2D eigenvalue weighted by Crippen LogP contribution is -2.15. The summed E-state index contributed by atoms with van der Waals surface area (Å²) in [5.41, 5.74) is 10.3. The van der Waals surface area contributed by atoms with Gasteiger partial charge in [-0.05, 0) is 81.6 Å². The third-order valence-corrected chi connectivity index (χ3v) is 10.5. The van der Waals surface area contributed by atoms with Gasteiger partial charge in [-0.3, -0.25) is 0 Å². The van der Waals surface area contributed by atoms with E-state index in [1.54, 1.807) is 0 Å². The first-order valence-electron chi connectivity index (χ1n) is 17.4. The van der Waals surface area contributed by atoms with Crippen molar-refractivity contribution < 1.29 is 9.15 Å². The number of allylic oxidation sites excluding steroid dienone is 2. The van der Waals surface area contributed by atoms with E-state index in [2.05, 4.69) is 172 Å². The van der Waals surface area contributed by atoms with Gasteiger partial charge in [-0.1, -0.05) is 145 Å². The van der Waals surface area contributed by atoms with Crippen LogP contribution >= 0.6 is 0 Å². The number of para-hydroxylation sites is 1. The molecular formula is C48H34O2. The average Bonchev–Trinajstić information content (AvgIpc) is 3.72. The zero-order valence-corrected chi connectivity index (χ0v) is 28.0. The standard InChI is InChI=1S/C48H34O2/c1-29-13-11-17-33(25-29)43-37-21-7-9-23-41(37)49-47(43)45-35-19-5-6-20-36(35)46(40-28-32-16-4-3-15-31(32)27-39(40)45)48-44(34-18-12-14-30(2)26-34)38-22-8-10-24-42(38)50-48/h3-28,37,41H,1-2H3. The molecule has 0 fully saturated rings. The highest BCUT2D eigenvalue weighted by Crippen LogP contribution is 2.53. The summed E-state index contributed by atoms with van der Waals surface area (Å²) in [7, 11) is 0. The highest BCUT2D eigenvalue weighted by atomic mass is 16.5. The Balaban J connectivity index is 1.39. The van der Waals surface area contributed by atoms with Crippen LogP contribution in [0.3, 0.4) is 0 Å². The molecule has 2 unspecified atom stereocenters. The van der Waals surface area contributed by atoms with Crippen LogP contribution in [0.5, 0.6) is 0 Å². The Hall–Kier alpha value is -6.12. The van der Waals surface area contributed by atoms with E-state index in [1.165, 1.54) is 33.0 Å². The monoisotopic (exact) mass is 642 g/mol. The highest BCUT2D eigenvalue weighted by Gasteiger charge is 2.38. The van der Waals surface area contributed by atoms with Crippen LogP contribution < -0.4 is 0 Å². The summed E-state index contributed by atoms with van der Waals surface area (Å²) in [6.45, 7) is 4.32. The second-order valence-electron chi connectivity index (χ2n) is 13.7. The van der Waals surface area contributed by atoms with Crippen molar-refractivity contribution in [3.63, 3.8) is 0 Å². The molecule has 2 nitrogen and oxygen atoms in total. The Labute approximate surface area is 291 Å². The molecule has 10 rings (SSSR count). The second-order valence-corrected chi connectivity index (χ2v) is 13.7. The molecule has 0 amide bonds. The largest absolute Gasteiger partial charge is 0.484 e. The van der Waals surface area contributed by atoms with Gasteiger partial charge in [0.1, 0.15) is 23.2 Å². The first-order chi connectivity index (χ1) is 24.6. The normalized spacial score (nSPS) is 16.9. The number of aryl methyl sites for hydroxylation is 2. The summed E-state index contributed by atoms with van der Waals surface area (Å²) >= 11 is 0. The maximum Gasteiger partial charge on any atom is 0.144 e. The molecule has 8 aromatic rings. The summed E-state index contributed by atoms with van der Waals surface area (Å²) in [5, 5.41) is 8.08. The molecule has 1 aromatic heterocycles. The van der Waals surface area contributed by atoms with Crippen LogP contribution in [0, 0.1) is 19.8 Å². The SMILES string of the molecule is Cc1cccc(C2=C(c3c4ccccc4c(-c4oc5ccccc5c4-c4cccc(C)c4)c4cc5ccccc5cc34)OC3C=CC=CC23)c1. The average molecular weight is 643 g/mol. The molecule has 2 heterocycles. The number of benzene rings is 7. The molecule has 2 aliphatic rings. The van der Waals surface area contributed by atoms with Crippen LogP contribution in [-0.2, 0) is 4.74 Å². The molecule has 0 radical (unpaired) electrons. The van der Waals surface area contributed by atoms with Gasteiger partial charge in [0.15, 0.2) is 0 Å². The Kier molecular flexibility index (Phi) is 6.47. The lowest BCUT2D eigenvalue weighted by atomic mass is 9.82. The van der Waals surface area contributed by atoms with E-state index in [4.69, 9.17) is 9.15 Å². The van der Waals surface area contributed by atoms with E-state index in [9.17, 15) is 0 Å². The summed E-state index contributed by atoms with van der Waals surface area (Å²) in [5.74, 6) is 1.96. The first-order valence-corrected chi connectivity index (χ1v) is 17.4. The van der Waals surface area contributed by atoms with Crippen molar-refractivity contribution in [2.45, 2.75) is 20.0 Å². The number of hydrogen-bond donors (Lipinski definition) is 0. The molecule has 2 atom stereocenters. The summed E-state index contributed by atoms with van der Waals surface area (Å²) < 4.78 is 14.1. The van der Waals surface area contributed by atoms with E-state index < -0.39 is 0 Å². The number of ether oxygens (including phenoxy) is 1. The van der Waals surface area contributed by atoms with Crippen molar-refractivity contribution >= 4 is 54.6 Å². The minimum absolute atomic E-state index is 0.0669. The van der Waals surface area contributed by atoms with Crippen molar-refractivity contribution in [2.24, 2.45) is 5.92 Å². The van der Waals surface area contributed by atoms with Gasteiger partial charge in [-0.15, -0.1) is 0 Å². The Morgan fingerprint density at radius 3 is 1.82 bits per heavy atom. The zero-order valence-electron chi connectivity index (χ0n) is 28.0. The van der Waals surface area contributed by atoms with Crippen molar-refractivity contribution in [3.8, 4) is 22.5 Å². The van der Waals surface area contributed by atoms with Gasteiger partial charge in [-0.2, -0.15) is 0 Å². The van der Waals surface area contributed by atoms with Gasteiger partial charge < -0.3 is 9.15 Å². The van der Waals surface area contributed by atoms with Gasteiger partial charge in [-0.25, -0.2) is 0 Å². The Bertz CT molecular complexity index is 2770. The molecule has 1 aliphatic heterocycles. The fraction of sp³-hybridized carbons (Fsp3) is 0.0833. The van der Waals surface area contributed by atoms with E-state index in [0.29, 0.717) is 0 Å². The predicted molar refractivity (Wildman–Crippen MR) is 209 cm³/mol. The number of hydrogen-bond acceptors (Lipinski definition) is 2. The van der Waals surface area contributed by atoms with Gasteiger partial charge in [0, 0.05) is 33.6 Å². The molecule has 0 saturated heterocycles. The quantitative estimate of drug-likeness (QED) is 0.178. The minimum atomic E-state index is -0.0669. The third kappa shape index (κ3) is 4.42. The molecule has 0 spiro atoms. The summed E-state index contributed by atoms with van der Waals surface area (Å²) in [6, 6.07) is 48.2. The molecule has 0 saturated carbocycles. The van der Waals surface area contributed by atoms with Crippen molar-refractivity contribution in [3.05, 3.63) is 180 Å². The van der Waals surface area contributed by atoms with Crippen LogP contribution in [0.4, 0.5) is 0 Å². The maximum absolute atomic E-state index is 7.10. The Morgan fingerprint density at radius 1 is 0.480 bits per heavy atom. The molecule has 2 heteroatoms. The smallest absolute Gasteiger partial charge is 0.144 e. The molecule has 238 valence electrons. The Morgan fingerprint density at radius 2 is 1.08 bits per heavy atom. The van der Waals surface area contributed by atoms with E-state index >= 15 is 0 Å². The highest BCUT2D eigenvalue weighted by molar-refractivity contribution is 6.24. The summed E-state index contributed by atoms with van der Waals surface area (Å²) in [4.78, 5) is 0. The van der Waals surface area contributed by atoms with E-state index in [0.717, 1.165) is 66.3 Å². The van der Waals surface area contributed by atoms with Crippen molar-refractivity contribution in [1.29, 1.82) is 0 Å². The van der Waals surface area contributed by atoms with Crippen LogP contribution in [0.2, 0.25) is 0 Å². The molecule has 0 N–H and O–H groups in total. The number of fused-ring (bicyclic) bond motifs is 5. The lowest BCUT2D eigenvalue weighted by molar-refractivity contribution is 0.214. The van der Waals surface area contributed by atoms with Gasteiger partial charge >= 0.3 is 0 Å². The van der Waals surface area contributed by atoms with E-state index in [-0.39, 0.29) is 12.0 Å². The fourth-order valence-corrected chi connectivity index (χ4v) is 8.30. The molecule has 50 heavy (non-hydrogen) atoms. The van der Waals surface area contributed by atoms with Crippen LogP contribution in [0.25, 0.3) is 77.1 Å². The molecular weight excluding hydrogens is 609 g/mol. The van der Waals surface area contributed by atoms with Crippen molar-refractivity contribution in [1.82, 2.24) is 0 Å². The molecule has 7 aromatic carbocycles. The first kappa shape index (κ1) is 28.9. The maximum atomic E-state index is 7.10. The van der Waals surface area contributed by atoms with Crippen LogP contribution in [0.1, 0.15) is 22.3 Å². The minimum Gasteiger partial charge on any atom is -0.484 e. The van der Waals surface area contributed by atoms with Crippen LogP contribution in [0.15, 0.2) is 162 Å². The van der Waals surface area contributed by atoms with Gasteiger partial charge in [0.2, 0.25) is 0 Å². The second kappa shape index (κ2) is 11.2. The predicted octanol–water partition coefficient (Wildman–Crippen LogP) is 12.9. The number of rotatable bonds is 4. The zero-order chi connectivity index (χ0) is 33.3. The molecule has 0 bridgehead atoms. The van der Waals surface area contributed by atoms with E-state index in [1.807, 2.05) is 0 Å². The lowest BCUT2D eigenvalue weighted by Gasteiger charge is -2.20. The molecule has 1 aliphatic carbocycles. The van der Waals surface area contributed by atoms with Gasteiger partial charge in [0.25, 0.3) is 0 Å². The van der Waals surface area contributed by atoms with Gasteiger partial charge in [0.05, 0.1) is 0 Å². The third-order valence-electron chi connectivity index (χ3n) is 10.5. The summed E-state index contributed by atoms with van der Waals surface area (Å²) in [6.07, 6.45) is 8.70. The van der Waals surface area contributed by atoms with Crippen LogP contribution in [-0.4, -0.2) is 6.10 Å². The topological polar surface area (TPSA) is 22.4 Å². The fourth-order valence-electron chi connectivity index (χ4n) is 8.30.